The molecule has 0 spiro atoms. The molecule has 1 atom stereocenters. The van der Waals surface area contributed by atoms with Crippen molar-refractivity contribution in [1.29, 1.82) is 0 Å². The highest BCUT2D eigenvalue weighted by Gasteiger charge is 2.36. The van der Waals surface area contributed by atoms with Gasteiger partial charge in [-0.1, -0.05) is 48.5 Å². The SMILES string of the molecule is COc1ccc(CN2C(=O)N(Cc3ccc4ccccc4c3)CC2CCO)cc1. The van der Waals surface area contributed by atoms with Gasteiger partial charge in [0.25, 0.3) is 0 Å². The minimum absolute atomic E-state index is 0.00931. The molecule has 0 aromatic heterocycles. The van der Waals surface area contributed by atoms with E-state index in [-0.39, 0.29) is 18.7 Å². The number of urea groups is 1. The zero-order chi connectivity index (χ0) is 20.2. The van der Waals surface area contributed by atoms with Crippen LogP contribution in [0.4, 0.5) is 4.79 Å². The first-order chi connectivity index (χ1) is 14.2. The second-order valence-electron chi connectivity index (χ2n) is 7.49. The van der Waals surface area contributed by atoms with Gasteiger partial charge in [0.05, 0.1) is 13.2 Å². The number of fused-ring (bicyclic) bond motifs is 1. The normalized spacial score (nSPS) is 16.6. The van der Waals surface area contributed by atoms with Crippen LogP contribution in [0.5, 0.6) is 5.75 Å². The van der Waals surface area contributed by atoms with E-state index >= 15 is 0 Å². The summed E-state index contributed by atoms with van der Waals surface area (Å²) in [4.78, 5) is 16.9. The minimum atomic E-state index is 0.00931. The molecular weight excluding hydrogens is 364 g/mol. The molecule has 0 bridgehead atoms. The molecule has 0 saturated carbocycles. The number of carbonyl (C=O) groups excluding carboxylic acids is 1. The summed E-state index contributed by atoms with van der Waals surface area (Å²) in [5, 5.41) is 11.9. The van der Waals surface area contributed by atoms with Gasteiger partial charge in [-0.3, -0.25) is 0 Å². The van der Waals surface area contributed by atoms with Crippen LogP contribution < -0.4 is 4.74 Å². The Morgan fingerprint density at radius 1 is 0.966 bits per heavy atom. The monoisotopic (exact) mass is 390 g/mol. The first kappa shape index (κ1) is 19.3. The van der Waals surface area contributed by atoms with Crippen LogP contribution in [-0.4, -0.2) is 47.2 Å². The number of ether oxygens (including phenoxy) is 1. The number of methoxy groups -OCH3 is 1. The van der Waals surface area contributed by atoms with Gasteiger partial charge in [-0.15, -0.1) is 0 Å². The quantitative estimate of drug-likeness (QED) is 0.663. The number of aliphatic hydroxyl groups is 1. The van der Waals surface area contributed by atoms with Crippen molar-refractivity contribution >= 4 is 16.8 Å². The summed E-state index contributed by atoms with van der Waals surface area (Å²) in [6.45, 7) is 1.80. The molecule has 1 heterocycles. The fraction of sp³-hybridized carbons (Fsp3) is 0.292. The van der Waals surface area contributed by atoms with Crippen molar-refractivity contribution in [1.82, 2.24) is 9.80 Å². The molecule has 1 aliphatic rings. The van der Waals surface area contributed by atoms with Crippen LogP contribution in [0.25, 0.3) is 10.8 Å². The van der Waals surface area contributed by atoms with E-state index in [0.717, 1.165) is 16.9 Å². The molecule has 1 aliphatic heterocycles. The summed E-state index contributed by atoms with van der Waals surface area (Å²) in [5.41, 5.74) is 2.17. The molecular formula is C24H26N2O3. The number of benzene rings is 3. The average Bonchev–Trinajstić information content (AvgIpc) is 3.03. The lowest BCUT2D eigenvalue weighted by Gasteiger charge is -2.23. The van der Waals surface area contributed by atoms with E-state index in [0.29, 0.717) is 26.1 Å². The molecule has 4 rings (SSSR count). The summed E-state index contributed by atoms with van der Waals surface area (Å²) in [6, 6.07) is 22.4. The predicted octanol–water partition coefficient (Wildman–Crippen LogP) is 4.04. The molecule has 1 fully saturated rings. The summed E-state index contributed by atoms with van der Waals surface area (Å²) < 4.78 is 5.21. The maximum Gasteiger partial charge on any atom is 0.320 e. The van der Waals surface area contributed by atoms with Gasteiger partial charge in [0, 0.05) is 26.2 Å². The molecule has 1 unspecified atom stereocenters. The van der Waals surface area contributed by atoms with Gasteiger partial charge < -0.3 is 19.6 Å². The maximum absolute atomic E-state index is 13.1. The molecule has 2 amide bonds. The zero-order valence-electron chi connectivity index (χ0n) is 16.6. The van der Waals surface area contributed by atoms with E-state index in [9.17, 15) is 9.90 Å². The van der Waals surface area contributed by atoms with Crippen LogP contribution in [0.1, 0.15) is 17.5 Å². The first-order valence-electron chi connectivity index (χ1n) is 9.95. The third-order valence-corrected chi connectivity index (χ3v) is 5.55. The van der Waals surface area contributed by atoms with Gasteiger partial charge >= 0.3 is 6.03 Å². The molecule has 1 N–H and O–H groups in total. The lowest BCUT2D eigenvalue weighted by atomic mass is 10.1. The van der Waals surface area contributed by atoms with Crippen molar-refractivity contribution in [2.24, 2.45) is 0 Å². The van der Waals surface area contributed by atoms with Gasteiger partial charge in [0.15, 0.2) is 0 Å². The highest BCUT2D eigenvalue weighted by molar-refractivity contribution is 5.83. The molecule has 1 saturated heterocycles. The number of amides is 2. The van der Waals surface area contributed by atoms with Crippen molar-refractivity contribution in [3.63, 3.8) is 0 Å². The van der Waals surface area contributed by atoms with Crippen LogP contribution in [0.2, 0.25) is 0 Å². The largest absolute Gasteiger partial charge is 0.497 e. The van der Waals surface area contributed by atoms with Crippen molar-refractivity contribution < 1.29 is 14.6 Å². The topological polar surface area (TPSA) is 53.0 Å². The standard InChI is InChI=1S/C24H26N2O3/c1-29-23-10-7-18(8-11-23)16-26-22(12-13-27)17-25(24(26)28)15-19-6-9-20-4-2-3-5-21(20)14-19/h2-11,14,22,27H,12-13,15-17H2,1H3. The predicted molar refractivity (Wildman–Crippen MR) is 114 cm³/mol. The van der Waals surface area contributed by atoms with E-state index in [2.05, 4.69) is 30.3 Å². The van der Waals surface area contributed by atoms with Crippen molar-refractivity contribution in [3.8, 4) is 5.75 Å². The van der Waals surface area contributed by atoms with Crippen LogP contribution in [0.3, 0.4) is 0 Å². The molecule has 3 aromatic rings. The Labute approximate surface area is 171 Å². The second kappa shape index (κ2) is 8.53. The number of nitrogens with zero attached hydrogens (tertiary/aromatic N) is 2. The van der Waals surface area contributed by atoms with Gasteiger partial charge in [-0.05, 0) is 46.5 Å². The van der Waals surface area contributed by atoms with E-state index < -0.39 is 0 Å². The molecule has 150 valence electrons. The molecule has 29 heavy (non-hydrogen) atoms. The van der Waals surface area contributed by atoms with Gasteiger partial charge in [0.2, 0.25) is 0 Å². The lowest BCUT2D eigenvalue weighted by Crippen LogP contribution is -2.34. The number of hydrogen-bond donors (Lipinski definition) is 1. The van der Waals surface area contributed by atoms with Crippen LogP contribution in [0, 0.1) is 0 Å². The Hall–Kier alpha value is -3.05. The second-order valence-corrected chi connectivity index (χ2v) is 7.49. The van der Waals surface area contributed by atoms with Crippen molar-refractivity contribution in [2.45, 2.75) is 25.6 Å². The molecule has 3 aromatic carbocycles. The molecule has 5 heteroatoms. The fourth-order valence-electron chi connectivity index (χ4n) is 3.98. The number of hydrogen-bond acceptors (Lipinski definition) is 3. The Balaban J connectivity index is 1.51. The summed E-state index contributed by atoms with van der Waals surface area (Å²) in [7, 11) is 1.64. The van der Waals surface area contributed by atoms with Gasteiger partial charge in [0.1, 0.15) is 5.75 Å². The number of rotatable bonds is 7. The fourth-order valence-corrected chi connectivity index (χ4v) is 3.98. The zero-order valence-corrected chi connectivity index (χ0v) is 16.6. The molecule has 0 aliphatic carbocycles. The van der Waals surface area contributed by atoms with Crippen LogP contribution in [0.15, 0.2) is 66.7 Å². The highest BCUT2D eigenvalue weighted by Crippen LogP contribution is 2.25. The van der Waals surface area contributed by atoms with Gasteiger partial charge in [-0.2, -0.15) is 0 Å². The number of aliphatic hydroxyl groups excluding tert-OH is 1. The third kappa shape index (κ3) is 4.20. The third-order valence-electron chi connectivity index (χ3n) is 5.55. The maximum atomic E-state index is 13.1. The van der Waals surface area contributed by atoms with Crippen molar-refractivity contribution in [2.75, 3.05) is 20.3 Å². The lowest BCUT2D eigenvalue weighted by molar-refractivity contribution is 0.175. The molecule has 5 nitrogen and oxygen atoms in total. The first-order valence-corrected chi connectivity index (χ1v) is 9.95. The van der Waals surface area contributed by atoms with Crippen LogP contribution in [-0.2, 0) is 13.1 Å². The Morgan fingerprint density at radius 2 is 1.69 bits per heavy atom. The van der Waals surface area contributed by atoms with E-state index in [1.165, 1.54) is 10.8 Å². The van der Waals surface area contributed by atoms with E-state index in [1.54, 1.807) is 7.11 Å². The Bertz CT molecular complexity index is 987. The Kier molecular flexibility index (Phi) is 5.67. The Morgan fingerprint density at radius 3 is 2.41 bits per heavy atom. The minimum Gasteiger partial charge on any atom is -0.497 e. The van der Waals surface area contributed by atoms with E-state index in [4.69, 9.17) is 4.74 Å². The van der Waals surface area contributed by atoms with Crippen LogP contribution >= 0.6 is 0 Å². The summed E-state index contributed by atoms with van der Waals surface area (Å²) in [5.74, 6) is 0.798. The average molecular weight is 390 g/mol. The van der Waals surface area contributed by atoms with E-state index in [1.807, 2.05) is 46.2 Å². The summed E-state index contributed by atoms with van der Waals surface area (Å²) >= 11 is 0. The summed E-state index contributed by atoms with van der Waals surface area (Å²) in [6.07, 6.45) is 0.579. The molecule has 0 radical (unpaired) electrons. The van der Waals surface area contributed by atoms with Gasteiger partial charge in [-0.25, -0.2) is 4.79 Å². The highest BCUT2D eigenvalue weighted by atomic mass is 16.5. The number of carbonyl (C=O) groups is 1. The smallest absolute Gasteiger partial charge is 0.320 e. The van der Waals surface area contributed by atoms with Crippen molar-refractivity contribution in [3.05, 3.63) is 77.9 Å².